The smallest absolute Gasteiger partial charge is 0.157 e. The molecule has 0 aromatic rings. The van der Waals surface area contributed by atoms with Crippen molar-refractivity contribution in [2.45, 2.75) is 44.0 Å². The topological polar surface area (TPSA) is 27.6 Å². The minimum atomic E-state index is 0.516. The first kappa shape index (κ1) is 11.3. The molecule has 3 nitrogen and oxygen atoms in total. The number of nitrogens with zero attached hydrogens (tertiary/aromatic N) is 2. The maximum atomic E-state index is 4.81. The molecular formula is C11H21N3S. The van der Waals surface area contributed by atoms with Crippen LogP contribution in [0.5, 0.6) is 0 Å². The lowest BCUT2D eigenvalue weighted by Gasteiger charge is -2.27. The van der Waals surface area contributed by atoms with Crippen molar-refractivity contribution in [3.8, 4) is 0 Å². The van der Waals surface area contributed by atoms with Gasteiger partial charge in [-0.2, -0.15) is 0 Å². The number of rotatable bonds is 1. The SMILES string of the molecule is CC1CC(C)SC(=NC2CCN(C)C2)N1. The van der Waals surface area contributed by atoms with Gasteiger partial charge in [0.1, 0.15) is 0 Å². The highest BCUT2D eigenvalue weighted by molar-refractivity contribution is 8.14. The van der Waals surface area contributed by atoms with Gasteiger partial charge in [0.25, 0.3) is 0 Å². The van der Waals surface area contributed by atoms with Gasteiger partial charge in [-0.05, 0) is 33.4 Å². The summed E-state index contributed by atoms with van der Waals surface area (Å²) in [5.74, 6) is 0. The van der Waals surface area contributed by atoms with Crippen molar-refractivity contribution in [3.63, 3.8) is 0 Å². The molecule has 0 bridgehead atoms. The summed E-state index contributed by atoms with van der Waals surface area (Å²) in [6.45, 7) is 6.84. The van der Waals surface area contributed by atoms with E-state index in [2.05, 4.69) is 31.1 Å². The predicted octanol–water partition coefficient (Wildman–Crippen LogP) is 1.55. The van der Waals surface area contributed by atoms with Crippen molar-refractivity contribution in [3.05, 3.63) is 0 Å². The first-order chi connectivity index (χ1) is 7.13. The molecule has 0 aromatic carbocycles. The van der Waals surface area contributed by atoms with Gasteiger partial charge in [0.15, 0.2) is 5.17 Å². The Bertz CT molecular complexity index is 242. The number of aliphatic imine (C=N–C) groups is 1. The van der Waals surface area contributed by atoms with Gasteiger partial charge in [0.05, 0.1) is 6.04 Å². The highest BCUT2D eigenvalue weighted by Crippen LogP contribution is 2.23. The summed E-state index contributed by atoms with van der Waals surface area (Å²) in [6, 6.07) is 1.10. The van der Waals surface area contributed by atoms with E-state index >= 15 is 0 Å². The standard InChI is InChI=1S/C11H21N3S/c1-8-6-9(2)15-11(12-8)13-10-4-5-14(3)7-10/h8-10H,4-7H2,1-3H3,(H,12,13). The van der Waals surface area contributed by atoms with Crippen molar-refractivity contribution in [1.29, 1.82) is 0 Å². The monoisotopic (exact) mass is 227 g/mol. The summed E-state index contributed by atoms with van der Waals surface area (Å²) in [5.41, 5.74) is 0. The van der Waals surface area contributed by atoms with Gasteiger partial charge in [-0.15, -0.1) is 0 Å². The van der Waals surface area contributed by atoms with Crippen LogP contribution in [-0.2, 0) is 0 Å². The van der Waals surface area contributed by atoms with E-state index in [4.69, 9.17) is 4.99 Å². The van der Waals surface area contributed by atoms with Crippen molar-refractivity contribution in [2.24, 2.45) is 4.99 Å². The number of likely N-dealkylation sites (tertiary alicyclic amines) is 1. The molecule has 2 fully saturated rings. The van der Waals surface area contributed by atoms with Gasteiger partial charge in [-0.1, -0.05) is 18.7 Å². The summed E-state index contributed by atoms with van der Waals surface area (Å²) in [6.07, 6.45) is 2.46. The van der Waals surface area contributed by atoms with Gasteiger partial charge >= 0.3 is 0 Å². The largest absolute Gasteiger partial charge is 0.362 e. The molecule has 0 amide bonds. The summed E-state index contributed by atoms with van der Waals surface area (Å²) in [5, 5.41) is 5.36. The Balaban J connectivity index is 1.94. The minimum Gasteiger partial charge on any atom is -0.362 e. The van der Waals surface area contributed by atoms with E-state index in [1.54, 1.807) is 0 Å². The molecule has 0 radical (unpaired) electrons. The van der Waals surface area contributed by atoms with Crippen LogP contribution in [0, 0.1) is 0 Å². The van der Waals surface area contributed by atoms with Crippen molar-refractivity contribution >= 4 is 16.9 Å². The zero-order chi connectivity index (χ0) is 10.8. The van der Waals surface area contributed by atoms with E-state index < -0.39 is 0 Å². The molecule has 2 rings (SSSR count). The highest BCUT2D eigenvalue weighted by Gasteiger charge is 2.23. The zero-order valence-electron chi connectivity index (χ0n) is 9.86. The summed E-state index contributed by atoms with van der Waals surface area (Å²) < 4.78 is 0. The average molecular weight is 227 g/mol. The fourth-order valence-corrected chi connectivity index (χ4v) is 3.54. The van der Waals surface area contributed by atoms with Crippen LogP contribution in [0.25, 0.3) is 0 Å². The maximum absolute atomic E-state index is 4.81. The van der Waals surface area contributed by atoms with Crippen LogP contribution in [-0.4, -0.2) is 47.5 Å². The summed E-state index contributed by atoms with van der Waals surface area (Å²) in [7, 11) is 2.17. The molecular weight excluding hydrogens is 206 g/mol. The zero-order valence-corrected chi connectivity index (χ0v) is 10.7. The first-order valence-electron chi connectivity index (χ1n) is 5.83. The Kier molecular flexibility index (Phi) is 3.57. The normalized spacial score (nSPS) is 40.7. The van der Waals surface area contributed by atoms with Crippen LogP contribution >= 0.6 is 11.8 Å². The number of amidine groups is 1. The quantitative estimate of drug-likeness (QED) is 0.736. The lowest BCUT2D eigenvalue weighted by atomic mass is 10.2. The molecule has 3 unspecified atom stereocenters. The molecule has 2 aliphatic heterocycles. The minimum absolute atomic E-state index is 0.516. The summed E-state index contributed by atoms with van der Waals surface area (Å²) in [4.78, 5) is 7.17. The highest BCUT2D eigenvalue weighted by atomic mass is 32.2. The van der Waals surface area contributed by atoms with Gasteiger partial charge < -0.3 is 10.2 Å². The van der Waals surface area contributed by atoms with Crippen molar-refractivity contribution in [1.82, 2.24) is 10.2 Å². The molecule has 1 N–H and O–H groups in total. The number of thioether (sulfide) groups is 1. The van der Waals surface area contributed by atoms with Gasteiger partial charge in [-0.25, -0.2) is 0 Å². The number of nitrogens with one attached hydrogen (secondary N) is 1. The molecule has 0 spiro atoms. The van der Waals surface area contributed by atoms with Crippen LogP contribution in [0.2, 0.25) is 0 Å². The predicted molar refractivity (Wildman–Crippen MR) is 67.6 cm³/mol. The van der Waals surface area contributed by atoms with Crippen LogP contribution in [0.1, 0.15) is 26.7 Å². The fourth-order valence-electron chi connectivity index (χ4n) is 2.29. The first-order valence-corrected chi connectivity index (χ1v) is 6.71. The van der Waals surface area contributed by atoms with Gasteiger partial charge in [0.2, 0.25) is 0 Å². The third kappa shape index (κ3) is 3.11. The molecule has 0 aliphatic carbocycles. The Hall–Kier alpha value is -0.220. The maximum Gasteiger partial charge on any atom is 0.157 e. The number of likely N-dealkylation sites (N-methyl/N-ethyl adjacent to an activating group) is 1. The van der Waals surface area contributed by atoms with Crippen molar-refractivity contribution in [2.75, 3.05) is 20.1 Å². The van der Waals surface area contributed by atoms with E-state index in [9.17, 15) is 0 Å². The lowest BCUT2D eigenvalue weighted by Crippen LogP contribution is -2.39. The van der Waals surface area contributed by atoms with Crippen molar-refractivity contribution < 1.29 is 0 Å². The molecule has 86 valence electrons. The summed E-state index contributed by atoms with van der Waals surface area (Å²) >= 11 is 1.90. The second-order valence-electron chi connectivity index (χ2n) is 4.85. The Morgan fingerprint density at radius 1 is 1.47 bits per heavy atom. The van der Waals surface area contributed by atoms with E-state index in [1.807, 2.05) is 11.8 Å². The second-order valence-corrected chi connectivity index (χ2v) is 6.28. The van der Waals surface area contributed by atoms with Crippen LogP contribution in [0.4, 0.5) is 0 Å². The van der Waals surface area contributed by atoms with Crippen LogP contribution < -0.4 is 5.32 Å². The molecule has 0 saturated carbocycles. The average Bonchev–Trinajstić information content (AvgIpc) is 2.49. The Morgan fingerprint density at radius 2 is 2.27 bits per heavy atom. The molecule has 15 heavy (non-hydrogen) atoms. The van der Waals surface area contributed by atoms with Crippen LogP contribution in [0.15, 0.2) is 4.99 Å². The van der Waals surface area contributed by atoms with E-state index in [1.165, 1.54) is 24.6 Å². The lowest BCUT2D eigenvalue weighted by molar-refractivity contribution is 0.411. The second kappa shape index (κ2) is 4.74. The fraction of sp³-hybridized carbons (Fsp3) is 0.909. The molecule has 2 heterocycles. The molecule has 2 saturated heterocycles. The van der Waals surface area contributed by atoms with E-state index in [0.29, 0.717) is 17.3 Å². The van der Waals surface area contributed by atoms with Gasteiger partial charge in [0, 0.05) is 17.8 Å². The molecule has 3 atom stereocenters. The molecule has 4 heteroatoms. The van der Waals surface area contributed by atoms with E-state index in [0.717, 1.165) is 6.54 Å². The van der Waals surface area contributed by atoms with E-state index in [-0.39, 0.29) is 0 Å². The molecule has 0 aromatic heterocycles. The molecule has 2 aliphatic rings. The third-order valence-electron chi connectivity index (χ3n) is 3.03. The Morgan fingerprint density at radius 3 is 2.87 bits per heavy atom. The number of hydrogen-bond donors (Lipinski definition) is 1. The Labute approximate surface area is 96.7 Å². The number of hydrogen-bond acceptors (Lipinski definition) is 3. The third-order valence-corrected chi connectivity index (χ3v) is 4.08. The van der Waals surface area contributed by atoms with Crippen LogP contribution in [0.3, 0.4) is 0 Å². The van der Waals surface area contributed by atoms with Gasteiger partial charge in [-0.3, -0.25) is 4.99 Å².